The van der Waals surface area contributed by atoms with Crippen LogP contribution in [-0.2, 0) is 0 Å². The number of hydrogen-bond acceptors (Lipinski definition) is 5. The van der Waals surface area contributed by atoms with Crippen LogP contribution in [0.15, 0.2) is 12.1 Å². The van der Waals surface area contributed by atoms with Gasteiger partial charge in [-0.1, -0.05) is 11.6 Å². The van der Waals surface area contributed by atoms with Crippen molar-refractivity contribution in [2.24, 2.45) is 0 Å². The van der Waals surface area contributed by atoms with E-state index in [9.17, 15) is 9.90 Å². The molecule has 0 spiro atoms. The number of rotatable bonds is 2. The van der Waals surface area contributed by atoms with Gasteiger partial charge in [0.25, 0.3) is 0 Å². The number of piperazine rings is 1. The van der Waals surface area contributed by atoms with E-state index < -0.39 is 6.09 Å². The summed E-state index contributed by atoms with van der Waals surface area (Å²) in [7, 11) is 0. The fourth-order valence-corrected chi connectivity index (χ4v) is 3.62. The van der Waals surface area contributed by atoms with Gasteiger partial charge in [-0.15, -0.1) is 0 Å². The van der Waals surface area contributed by atoms with E-state index in [1.807, 2.05) is 6.07 Å². The van der Waals surface area contributed by atoms with Gasteiger partial charge in [-0.25, -0.2) is 4.79 Å². The van der Waals surface area contributed by atoms with Gasteiger partial charge in [0.15, 0.2) is 0 Å². The van der Waals surface area contributed by atoms with Crippen LogP contribution in [0.1, 0.15) is 12.0 Å². The minimum atomic E-state index is -1.23. The van der Waals surface area contributed by atoms with Crippen LogP contribution in [0.2, 0.25) is 5.02 Å². The number of aliphatic hydroxyl groups excluding tert-OH is 1. The number of amides is 1. The number of anilines is 2. The quantitative estimate of drug-likeness (QED) is 0.758. The Bertz CT molecular complexity index is 675. The summed E-state index contributed by atoms with van der Waals surface area (Å²) in [5.41, 5.74) is 1.21. The summed E-state index contributed by atoms with van der Waals surface area (Å²) >= 11 is 6.35. The summed E-state index contributed by atoms with van der Waals surface area (Å²) in [4.78, 5) is 15.2. The third-order valence-corrected chi connectivity index (χ3v) is 4.76. The lowest BCUT2D eigenvalue weighted by Crippen LogP contribution is -2.50. The van der Waals surface area contributed by atoms with Crippen LogP contribution in [0.3, 0.4) is 0 Å². The van der Waals surface area contributed by atoms with E-state index in [1.54, 1.807) is 6.07 Å². The number of aliphatic hydroxyl groups is 1. The molecule has 0 aromatic heterocycles. The predicted octanol–water partition coefficient (Wildman–Crippen LogP) is 1.56. The molecule has 0 aliphatic carbocycles. The number of nitriles is 1. The number of fused-ring (bicyclic) bond motifs is 1. The second-order valence-corrected chi connectivity index (χ2v) is 6.26. The molecule has 0 unspecified atom stereocenters. The number of carbonyl (C=O) groups is 1. The van der Waals surface area contributed by atoms with Gasteiger partial charge < -0.3 is 15.1 Å². The van der Waals surface area contributed by atoms with Crippen LogP contribution in [0.4, 0.5) is 16.2 Å². The van der Waals surface area contributed by atoms with Crippen molar-refractivity contribution in [3.63, 3.8) is 0 Å². The molecule has 3 rings (SSSR count). The minimum absolute atomic E-state index is 0.210. The molecular formula is C15H17ClN4O3. The van der Waals surface area contributed by atoms with Crippen molar-refractivity contribution in [2.45, 2.75) is 18.6 Å². The van der Waals surface area contributed by atoms with Crippen LogP contribution in [-0.4, -0.2) is 59.5 Å². The van der Waals surface area contributed by atoms with E-state index in [-0.39, 0.29) is 17.8 Å². The SMILES string of the molecule is N#Cc1cc(NC(=O)O)c(Cl)c(N2CCN3C[C@H](O)C[C@@H]3C2)c1. The Balaban J connectivity index is 1.90. The number of nitrogens with one attached hydrogen (secondary N) is 1. The molecule has 3 N–H and O–H groups in total. The minimum Gasteiger partial charge on any atom is -0.465 e. The molecule has 1 aromatic rings. The Kier molecular flexibility index (Phi) is 4.31. The highest BCUT2D eigenvalue weighted by Crippen LogP contribution is 2.36. The topological polar surface area (TPSA) is 99.8 Å². The molecular weight excluding hydrogens is 320 g/mol. The zero-order chi connectivity index (χ0) is 16.6. The molecule has 0 bridgehead atoms. The molecule has 2 aliphatic rings. The Morgan fingerprint density at radius 3 is 2.87 bits per heavy atom. The first-order chi connectivity index (χ1) is 11.0. The molecule has 0 saturated carbocycles. The van der Waals surface area contributed by atoms with Gasteiger partial charge >= 0.3 is 6.09 Å². The van der Waals surface area contributed by atoms with Crippen LogP contribution in [0, 0.1) is 11.3 Å². The smallest absolute Gasteiger partial charge is 0.409 e. The first-order valence-corrected chi connectivity index (χ1v) is 7.76. The number of nitrogens with zero attached hydrogens (tertiary/aromatic N) is 3. The van der Waals surface area contributed by atoms with E-state index >= 15 is 0 Å². The lowest BCUT2D eigenvalue weighted by Gasteiger charge is -2.39. The maximum Gasteiger partial charge on any atom is 0.409 e. The van der Waals surface area contributed by atoms with Crippen molar-refractivity contribution >= 4 is 29.1 Å². The highest BCUT2D eigenvalue weighted by molar-refractivity contribution is 6.36. The highest BCUT2D eigenvalue weighted by Gasteiger charge is 2.36. The summed E-state index contributed by atoms with van der Waals surface area (Å²) in [6, 6.07) is 5.38. The van der Waals surface area contributed by atoms with Crippen LogP contribution in [0.25, 0.3) is 0 Å². The zero-order valence-electron chi connectivity index (χ0n) is 12.4. The van der Waals surface area contributed by atoms with Crippen molar-refractivity contribution in [3.05, 3.63) is 22.7 Å². The average molecular weight is 337 g/mol. The molecule has 1 amide bonds. The van der Waals surface area contributed by atoms with Gasteiger partial charge in [0.1, 0.15) is 0 Å². The molecule has 2 fully saturated rings. The van der Waals surface area contributed by atoms with Gasteiger partial charge in [-0.2, -0.15) is 5.26 Å². The van der Waals surface area contributed by atoms with Crippen molar-refractivity contribution in [1.82, 2.24) is 4.90 Å². The molecule has 2 saturated heterocycles. The Hall–Kier alpha value is -2.01. The van der Waals surface area contributed by atoms with E-state index in [0.717, 1.165) is 6.54 Å². The average Bonchev–Trinajstić information content (AvgIpc) is 2.87. The molecule has 2 atom stereocenters. The lowest BCUT2D eigenvalue weighted by atomic mass is 10.1. The summed E-state index contributed by atoms with van der Waals surface area (Å²) in [6.07, 6.45) is -0.812. The lowest BCUT2D eigenvalue weighted by molar-refractivity contribution is 0.173. The van der Waals surface area contributed by atoms with E-state index in [1.165, 1.54) is 6.07 Å². The Morgan fingerprint density at radius 1 is 1.39 bits per heavy atom. The summed E-state index contributed by atoms with van der Waals surface area (Å²) < 4.78 is 0. The number of carboxylic acid groups (broad SMARTS) is 1. The van der Waals surface area contributed by atoms with Crippen LogP contribution in [0.5, 0.6) is 0 Å². The number of benzene rings is 1. The fraction of sp³-hybridized carbons (Fsp3) is 0.467. The van der Waals surface area contributed by atoms with Crippen molar-refractivity contribution in [2.75, 3.05) is 36.4 Å². The molecule has 0 radical (unpaired) electrons. The van der Waals surface area contributed by atoms with E-state index in [0.29, 0.717) is 42.3 Å². The molecule has 122 valence electrons. The molecule has 2 heterocycles. The molecule has 23 heavy (non-hydrogen) atoms. The number of halogens is 1. The second kappa shape index (κ2) is 6.24. The highest BCUT2D eigenvalue weighted by atomic mass is 35.5. The van der Waals surface area contributed by atoms with Gasteiger partial charge in [0, 0.05) is 32.2 Å². The third-order valence-electron chi connectivity index (χ3n) is 4.36. The molecule has 7 nitrogen and oxygen atoms in total. The molecule has 1 aromatic carbocycles. The molecule has 2 aliphatic heterocycles. The van der Waals surface area contributed by atoms with Gasteiger partial charge in [-0.05, 0) is 18.6 Å². The third kappa shape index (κ3) is 3.20. The maximum absolute atomic E-state index is 10.9. The summed E-state index contributed by atoms with van der Waals surface area (Å²) in [5.74, 6) is 0. The van der Waals surface area contributed by atoms with Gasteiger partial charge in [-0.3, -0.25) is 10.2 Å². The van der Waals surface area contributed by atoms with Gasteiger partial charge in [0.05, 0.1) is 34.1 Å². The summed E-state index contributed by atoms with van der Waals surface area (Å²) in [6.45, 7) is 2.90. The fourth-order valence-electron chi connectivity index (χ4n) is 3.34. The maximum atomic E-state index is 10.9. The normalized spacial score (nSPS) is 24.1. The first kappa shape index (κ1) is 15.9. The van der Waals surface area contributed by atoms with Crippen molar-refractivity contribution in [3.8, 4) is 6.07 Å². The summed E-state index contributed by atoms with van der Waals surface area (Å²) in [5, 5.41) is 30.4. The van der Waals surface area contributed by atoms with Gasteiger partial charge in [0.2, 0.25) is 0 Å². The van der Waals surface area contributed by atoms with Crippen LogP contribution < -0.4 is 10.2 Å². The largest absolute Gasteiger partial charge is 0.465 e. The zero-order valence-corrected chi connectivity index (χ0v) is 13.1. The van der Waals surface area contributed by atoms with Crippen molar-refractivity contribution < 1.29 is 15.0 Å². The predicted molar refractivity (Wildman–Crippen MR) is 86.0 cm³/mol. The Morgan fingerprint density at radius 2 is 2.17 bits per heavy atom. The molecule has 8 heteroatoms. The standard InChI is InChI=1S/C15H17ClN4O3/c16-14-12(18-15(22)23)3-9(6-17)4-13(14)20-2-1-19-8-11(21)5-10(19)7-20/h3-4,10-11,18,21H,1-2,5,7-8H2,(H,22,23)/t10-,11-/m1/s1. The Labute approximate surface area is 138 Å². The van der Waals surface area contributed by atoms with Crippen LogP contribution >= 0.6 is 11.6 Å². The van der Waals surface area contributed by atoms with E-state index in [4.69, 9.17) is 22.0 Å². The monoisotopic (exact) mass is 336 g/mol. The number of hydrogen-bond donors (Lipinski definition) is 3. The second-order valence-electron chi connectivity index (χ2n) is 5.88. The first-order valence-electron chi connectivity index (χ1n) is 7.38. The van der Waals surface area contributed by atoms with Crippen molar-refractivity contribution in [1.29, 1.82) is 5.26 Å². The van der Waals surface area contributed by atoms with E-state index in [2.05, 4.69) is 15.1 Å².